The van der Waals surface area contributed by atoms with Gasteiger partial charge in [0.05, 0.1) is 6.04 Å². The molecule has 3 rings (SSSR count). The Kier molecular flexibility index (Phi) is 4.22. The lowest BCUT2D eigenvalue weighted by molar-refractivity contribution is 0.0610. The van der Waals surface area contributed by atoms with E-state index in [1.165, 1.54) is 44.6 Å². The van der Waals surface area contributed by atoms with E-state index in [1.54, 1.807) is 11.3 Å². The van der Waals surface area contributed by atoms with Crippen molar-refractivity contribution in [3.05, 3.63) is 22.4 Å². The van der Waals surface area contributed by atoms with Crippen LogP contribution in [0, 0.1) is 0 Å². The summed E-state index contributed by atoms with van der Waals surface area (Å²) >= 11 is 1.79. The number of nitrogens with zero attached hydrogens (tertiary/aromatic N) is 2. The van der Waals surface area contributed by atoms with Crippen LogP contribution in [-0.4, -0.2) is 48.1 Å². The van der Waals surface area contributed by atoms with Gasteiger partial charge >= 0.3 is 0 Å². The number of fused-ring (bicyclic) bond motifs is 1. The lowest BCUT2D eigenvalue weighted by Crippen LogP contribution is -2.54. The number of hydrogen-bond acceptors (Lipinski definition) is 4. The average Bonchev–Trinajstić information content (AvgIpc) is 3.08. The molecule has 2 fully saturated rings. The highest BCUT2D eigenvalue weighted by Crippen LogP contribution is 2.31. The highest BCUT2D eigenvalue weighted by Gasteiger charge is 2.35. The Morgan fingerprint density at radius 2 is 2.32 bits per heavy atom. The van der Waals surface area contributed by atoms with Gasteiger partial charge in [-0.1, -0.05) is 6.92 Å². The van der Waals surface area contributed by atoms with E-state index >= 15 is 0 Å². The van der Waals surface area contributed by atoms with Gasteiger partial charge in [0, 0.05) is 31.7 Å². The van der Waals surface area contributed by atoms with E-state index in [0.717, 1.165) is 12.5 Å². The molecule has 3 heterocycles. The molecule has 0 saturated carbocycles. The van der Waals surface area contributed by atoms with E-state index in [9.17, 15) is 0 Å². The molecule has 3 nitrogen and oxygen atoms in total. The van der Waals surface area contributed by atoms with Crippen molar-refractivity contribution in [1.29, 1.82) is 0 Å². The molecule has 2 aliphatic rings. The van der Waals surface area contributed by atoms with Crippen LogP contribution >= 0.6 is 11.3 Å². The van der Waals surface area contributed by atoms with E-state index in [1.807, 2.05) is 0 Å². The monoisotopic (exact) mass is 279 g/mol. The molecule has 3 atom stereocenters. The van der Waals surface area contributed by atoms with Crippen molar-refractivity contribution in [1.82, 2.24) is 9.80 Å². The van der Waals surface area contributed by atoms with Crippen LogP contribution in [0.4, 0.5) is 0 Å². The predicted molar refractivity (Wildman–Crippen MR) is 81.5 cm³/mol. The normalized spacial score (nSPS) is 28.2. The maximum atomic E-state index is 6.43. The highest BCUT2D eigenvalue weighted by molar-refractivity contribution is 7.07. The Balaban J connectivity index is 1.76. The van der Waals surface area contributed by atoms with Crippen molar-refractivity contribution in [3.8, 4) is 0 Å². The number of rotatable bonds is 4. The fourth-order valence-electron chi connectivity index (χ4n) is 3.66. The fraction of sp³-hybridized carbons (Fsp3) is 0.733. The predicted octanol–water partition coefficient (Wildman–Crippen LogP) is 2.31. The second kappa shape index (κ2) is 5.92. The Labute approximate surface area is 120 Å². The summed E-state index contributed by atoms with van der Waals surface area (Å²) in [5.74, 6) is 0. The molecule has 106 valence electrons. The second-order valence-electron chi connectivity index (χ2n) is 5.90. The minimum atomic E-state index is 0.252. The van der Waals surface area contributed by atoms with E-state index in [2.05, 4.69) is 33.6 Å². The second-order valence-corrected chi connectivity index (χ2v) is 6.68. The van der Waals surface area contributed by atoms with Gasteiger partial charge in [-0.2, -0.15) is 11.3 Å². The summed E-state index contributed by atoms with van der Waals surface area (Å²) in [4.78, 5) is 5.31. The molecule has 0 spiro atoms. The minimum Gasteiger partial charge on any atom is -0.326 e. The van der Waals surface area contributed by atoms with Gasteiger partial charge in [-0.05, 0) is 48.2 Å². The van der Waals surface area contributed by atoms with Crippen LogP contribution in [-0.2, 0) is 0 Å². The molecule has 2 N–H and O–H groups in total. The highest BCUT2D eigenvalue weighted by atomic mass is 32.1. The number of thiophene rings is 1. The zero-order valence-electron chi connectivity index (χ0n) is 11.8. The quantitative estimate of drug-likeness (QED) is 0.918. The minimum absolute atomic E-state index is 0.252. The van der Waals surface area contributed by atoms with E-state index in [-0.39, 0.29) is 6.04 Å². The molecule has 0 aromatic carbocycles. The number of hydrogen-bond donors (Lipinski definition) is 1. The fourth-order valence-corrected chi connectivity index (χ4v) is 4.35. The molecule has 0 bridgehead atoms. The maximum absolute atomic E-state index is 6.43. The molecule has 3 unspecified atom stereocenters. The van der Waals surface area contributed by atoms with Crippen LogP contribution in [0.1, 0.15) is 37.8 Å². The van der Waals surface area contributed by atoms with Gasteiger partial charge in [0.25, 0.3) is 0 Å². The molecule has 4 heteroatoms. The van der Waals surface area contributed by atoms with Crippen molar-refractivity contribution in [2.24, 2.45) is 5.73 Å². The van der Waals surface area contributed by atoms with Crippen LogP contribution in [0.15, 0.2) is 16.8 Å². The van der Waals surface area contributed by atoms with Gasteiger partial charge in [0.2, 0.25) is 0 Å². The SMILES string of the molecule is CCC(N)C(c1ccsc1)N1CCN2CCCC2C1. The first-order valence-corrected chi connectivity index (χ1v) is 8.49. The van der Waals surface area contributed by atoms with Crippen LogP contribution in [0.3, 0.4) is 0 Å². The van der Waals surface area contributed by atoms with Crippen LogP contribution in [0.2, 0.25) is 0 Å². The Morgan fingerprint density at radius 1 is 1.42 bits per heavy atom. The third kappa shape index (κ3) is 2.72. The maximum Gasteiger partial charge on any atom is 0.0508 e. The summed E-state index contributed by atoms with van der Waals surface area (Å²) in [6, 6.07) is 3.70. The summed E-state index contributed by atoms with van der Waals surface area (Å²) in [6.07, 6.45) is 3.79. The lowest BCUT2D eigenvalue weighted by Gasteiger charge is -2.43. The Hall–Kier alpha value is -0.420. The average molecular weight is 279 g/mol. The first kappa shape index (κ1) is 13.6. The summed E-state index contributed by atoms with van der Waals surface area (Å²) < 4.78 is 0. The summed E-state index contributed by atoms with van der Waals surface area (Å²) in [6.45, 7) is 7.11. The van der Waals surface area contributed by atoms with Crippen LogP contribution in [0.5, 0.6) is 0 Å². The number of piperazine rings is 1. The van der Waals surface area contributed by atoms with Gasteiger partial charge in [0.15, 0.2) is 0 Å². The molecular weight excluding hydrogens is 254 g/mol. The molecule has 1 aromatic rings. The molecule has 19 heavy (non-hydrogen) atoms. The molecule has 0 amide bonds. The van der Waals surface area contributed by atoms with Gasteiger partial charge < -0.3 is 5.73 Å². The lowest BCUT2D eigenvalue weighted by atomic mass is 9.97. The van der Waals surface area contributed by atoms with Crippen molar-refractivity contribution in [3.63, 3.8) is 0 Å². The molecule has 0 aliphatic carbocycles. The van der Waals surface area contributed by atoms with E-state index in [4.69, 9.17) is 5.73 Å². The summed E-state index contributed by atoms with van der Waals surface area (Å²) in [5.41, 5.74) is 7.85. The van der Waals surface area contributed by atoms with Crippen LogP contribution in [0.25, 0.3) is 0 Å². The largest absolute Gasteiger partial charge is 0.326 e. The van der Waals surface area contributed by atoms with Gasteiger partial charge in [-0.3, -0.25) is 9.80 Å². The third-order valence-electron chi connectivity index (χ3n) is 4.77. The molecule has 2 aliphatic heterocycles. The number of nitrogens with two attached hydrogens (primary N) is 1. The van der Waals surface area contributed by atoms with Gasteiger partial charge in [0.1, 0.15) is 0 Å². The van der Waals surface area contributed by atoms with Gasteiger partial charge in [-0.25, -0.2) is 0 Å². The third-order valence-corrected chi connectivity index (χ3v) is 5.48. The Morgan fingerprint density at radius 3 is 3.05 bits per heavy atom. The van der Waals surface area contributed by atoms with Crippen molar-refractivity contribution < 1.29 is 0 Å². The summed E-state index contributed by atoms with van der Waals surface area (Å²) in [5, 5.41) is 4.46. The zero-order valence-corrected chi connectivity index (χ0v) is 12.6. The topological polar surface area (TPSA) is 32.5 Å². The molecule has 0 radical (unpaired) electrons. The van der Waals surface area contributed by atoms with Crippen molar-refractivity contribution in [2.45, 2.75) is 44.3 Å². The molecule has 1 aromatic heterocycles. The van der Waals surface area contributed by atoms with Crippen LogP contribution < -0.4 is 5.73 Å². The zero-order chi connectivity index (χ0) is 13.2. The first-order valence-electron chi connectivity index (χ1n) is 7.55. The van der Waals surface area contributed by atoms with E-state index < -0.39 is 0 Å². The van der Waals surface area contributed by atoms with Gasteiger partial charge in [-0.15, -0.1) is 0 Å². The van der Waals surface area contributed by atoms with Crippen molar-refractivity contribution in [2.75, 3.05) is 26.2 Å². The molecule has 2 saturated heterocycles. The Bertz CT molecular complexity index is 392. The smallest absolute Gasteiger partial charge is 0.0508 e. The van der Waals surface area contributed by atoms with Crippen molar-refractivity contribution >= 4 is 11.3 Å². The molecular formula is C15H25N3S. The summed E-state index contributed by atoms with van der Waals surface area (Å²) in [7, 11) is 0. The standard InChI is InChI=1S/C15H25N3S/c1-2-14(16)15(12-5-9-19-11-12)18-8-7-17-6-3-4-13(17)10-18/h5,9,11,13-15H,2-4,6-8,10,16H2,1H3. The van der Waals surface area contributed by atoms with E-state index in [0.29, 0.717) is 6.04 Å². The first-order chi connectivity index (χ1) is 9.29.